The van der Waals surface area contributed by atoms with Gasteiger partial charge in [-0.05, 0) is 66.6 Å². The molecule has 1 aliphatic rings. The Bertz CT molecular complexity index is 859. The highest BCUT2D eigenvalue weighted by Crippen LogP contribution is 2.22. The molecule has 0 heterocycles. The zero-order chi connectivity index (χ0) is 19.2. The van der Waals surface area contributed by atoms with Gasteiger partial charge < -0.3 is 16.4 Å². The second-order valence-corrected chi connectivity index (χ2v) is 6.76. The first-order valence-electron chi connectivity index (χ1n) is 9.08. The van der Waals surface area contributed by atoms with E-state index in [0.717, 1.165) is 18.4 Å². The number of anilines is 1. The molecule has 0 aromatic heterocycles. The van der Waals surface area contributed by atoms with Gasteiger partial charge in [0.2, 0.25) is 11.8 Å². The average molecular weight is 365 g/mol. The fourth-order valence-corrected chi connectivity index (χ4v) is 3.26. The van der Waals surface area contributed by atoms with Gasteiger partial charge in [-0.15, -0.1) is 0 Å². The smallest absolute Gasteiger partial charge is 0.251 e. The SMILES string of the molecule is NC(=O)CNC(=O)c1ccc(NC(=O)Cc2ccc3c(c2)CCCC3)cc1. The van der Waals surface area contributed by atoms with Crippen LogP contribution in [0, 0.1) is 0 Å². The Kier molecular flexibility index (Phi) is 5.86. The molecule has 4 N–H and O–H groups in total. The maximum absolute atomic E-state index is 12.3. The van der Waals surface area contributed by atoms with Gasteiger partial charge in [-0.3, -0.25) is 14.4 Å². The Balaban J connectivity index is 1.56. The molecular weight excluding hydrogens is 342 g/mol. The van der Waals surface area contributed by atoms with Crippen molar-refractivity contribution in [2.45, 2.75) is 32.1 Å². The third kappa shape index (κ3) is 5.17. The monoisotopic (exact) mass is 365 g/mol. The van der Waals surface area contributed by atoms with Crippen molar-refractivity contribution in [3.63, 3.8) is 0 Å². The van der Waals surface area contributed by atoms with Crippen molar-refractivity contribution in [1.82, 2.24) is 5.32 Å². The molecule has 3 amide bonds. The van der Waals surface area contributed by atoms with E-state index in [1.54, 1.807) is 24.3 Å². The third-order valence-electron chi connectivity index (χ3n) is 4.63. The molecule has 2 aromatic rings. The lowest BCUT2D eigenvalue weighted by Crippen LogP contribution is -2.33. The van der Waals surface area contributed by atoms with E-state index in [1.807, 2.05) is 6.07 Å². The van der Waals surface area contributed by atoms with Gasteiger partial charge in [0, 0.05) is 11.3 Å². The summed E-state index contributed by atoms with van der Waals surface area (Å²) in [5.74, 6) is -1.09. The number of nitrogens with one attached hydrogen (secondary N) is 2. The first-order valence-corrected chi connectivity index (χ1v) is 9.08. The van der Waals surface area contributed by atoms with Crippen molar-refractivity contribution < 1.29 is 14.4 Å². The van der Waals surface area contributed by atoms with E-state index < -0.39 is 5.91 Å². The lowest BCUT2D eigenvalue weighted by Gasteiger charge is -2.16. The summed E-state index contributed by atoms with van der Waals surface area (Å²) in [4.78, 5) is 34.8. The molecule has 0 atom stereocenters. The minimum absolute atomic E-state index is 0.100. The summed E-state index contributed by atoms with van der Waals surface area (Å²) >= 11 is 0. The second-order valence-electron chi connectivity index (χ2n) is 6.76. The van der Waals surface area contributed by atoms with Crippen LogP contribution in [-0.2, 0) is 28.9 Å². The molecule has 0 bridgehead atoms. The highest BCUT2D eigenvalue weighted by molar-refractivity contribution is 5.97. The maximum atomic E-state index is 12.3. The lowest BCUT2D eigenvalue weighted by molar-refractivity contribution is -0.117. The quantitative estimate of drug-likeness (QED) is 0.729. The van der Waals surface area contributed by atoms with Gasteiger partial charge in [-0.2, -0.15) is 0 Å². The molecular formula is C21H23N3O3. The fraction of sp³-hybridized carbons (Fsp3) is 0.286. The van der Waals surface area contributed by atoms with Crippen LogP contribution >= 0.6 is 0 Å². The fourth-order valence-electron chi connectivity index (χ4n) is 3.26. The van der Waals surface area contributed by atoms with Crippen LogP contribution in [0.1, 0.15) is 39.9 Å². The molecule has 140 valence electrons. The van der Waals surface area contributed by atoms with Crippen LogP contribution in [0.4, 0.5) is 5.69 Å². The van der Waals surface area contributed by atoms with Gasteiger partial charge in [0.15, 0.2) is 0 Å². The Morgan fingerprint density at radius 1 is 0.926 bits per heavy atom. The van der Waals surface area contributed by atoms with Gasteiger partial charge in [0.25, 0.3) is 5.91 Å². The number of hydrogen-bond acceptors (Lipinski definition) is 3. The van der Waals surface area contributed by atoms with E-state index in [2.05, 4.69) is 22.8 Å². The Morgan fingerprint density at radius 3 is 2.33 bits per heavy atom. The number of carbonyl (C=O) groups excluding carboxylic acids is 3. The second kappa shape index (κ2) is 8.49. The normalized spacial score (nSPS) is 12.7. The van der Waals surface area contributed by atoms with Crippen LogP contribution in [0.25, 0.3) is 0 Å². The number of hydrogen-bond donors (Lipinski definition) is 3. The van der Waals surface area contributed by atoms with E-state index in [1.165, 1.54) is 24.0 Å². The number of benzene rings is 2. The third-order valence-corrected chi connectivity index (χ3v) is 4.63. The van der Waals surface area contributed by atoms with Gasteiger partial charge >= 0.3 is 0 Å². The van der Waals surface area contributed by atoms with Crippen molar-refractivity contribution in [2.24, 2.45) is 5.73 Å². The van der Waals surface area contributed by atoms with Crippen LogP contribution < -0.4 is 16.4 Å². The molecule has 0 saturated carbocycles. The van der Waals surface area contributed by atoms with E-state index in [9.17, 15) is 14.4 Å². The zero-order valence-electron chi connectivity index (χ0n) is 15.1. The molecule has 0 aliphatic heterocycles. The number of aryl methyl sites for hydroxylation is 2. The average Bonchev–Trinajstić information content (AvgIpc) is 2.66. The van der Waals surface area contributed by atoms with Gasteiger partial charge in [0.05, 0.1) is 13.0 Å². The standard InChI is InChI=1S/C21H23N3O3/c22-19(25)13-23-21(27)16-7-9-18(10-8-16)24-20(26)12-14-5-6-15-3-1-2-4-17(15)11-14/h5-11H,1-4,12-13H2,(H2,22,25)(H,23,27)(H,24,26). The minimum atomic E-state index is -0.602. The molecule has 0 saturated heterocycles. The molecule has 0 unspecified atom stereocenters. The van der Waals surface area contributed by atoms with Crippen LogP contribution in [0.2, 0.25) is 0 Å². The molecule has 0 spiro atoms. The van der Waals surface area contributed by atoms with E-state index in [0.29, 0.717) is 17.7 Å². The number of fused-ring (bicyclic) bond motifs is 1. The summed E-state index contributed by atoms with van der Waals surface area (Å²) in [5.41, 5.74) is 9.77. The summed E-state index contributed by atoms with van der Waals surface area (Å²) in [5, 5.41) is 5.26. The van der Waals surface area contributed by atoms with Gasteiger partial charge in [0.1, 0.15) is 0 Å². The number of nitrogens with two attached hydrogens (primary N) is 1. The van der Waals surface area contributed by atoms with Crippen LogP contribution in [0.3, 0.4) is 0 Å². The predicted octanol–water partition coefficient (Wildman–Crippen LogP) is 1.96. The number of carbonyl (C=O) groups is 3. The van der Waals surface area contributed by atoms with Crippen molar-refractivity contribution in [3.05, 3.63) is 64.7 Å². The Hall–Kier alpha value is -3.15. The predicted molar refractivity (Wildman–Crippen MR) is 103 cm³/mol. The molecule has 1 aliphatic carbocycles. The molecule has 2 aromatic carbocycles. The molecule has 6 heteroatoms. The minimum Gasteiger partial charge on any atom is -0.368 e. The maximum Gasteiger partial charge on any atom is 0.251 e. The summed E-state index contributed by atoms with van der Waals surface area (Å²) in [6.45, 7) is -0.210. The van der Waals surface area contributed by atoms with Crippen LogP contribution in [0.15, 0.2) is 42.5 Å². The van der Waals surface area contributed by atoms with E-state index in [-0.39, 0.29) is 18.4 Å². The molecule has 0 fully saturated rings. The largest absolute Gasteiger partial charge is 0.368 e. The number of rotatable bonds is 6. The van der Waals surface area contributed by atoms with Crippen LogP contribution in [0.5, 0.6) is 0 Å². The van der Waals surface area contributed by atoms with E-state index in [4.69, 9.17) is 5.73 Å². The molecule has 6 nitrogen and oxygen atoms in total. The first kappa shape index (κ1) is 18.6. The number of primary amides is 1. The van der Waals surface area contributed by atoms with Crippen molar-refractivity contribution in [1.29, 1.82) is 0 Å². The first-order chi connectivity index (χ1) is 13.0. The van der Waals surface area contributed by atoms with Crippen molar-refractivity contribution in [2.75, 3.05) is 11.9 Å². The van der Waals surface area contributed by atoms with Crippen LogP contribution in [-0.4, -0.2) is 24.3 Å². The summed E-state index contributed by atoms with van der Waals surface area (Å²) in [6, 6.07) is 12.8. The Labute approximate surface area is 158 Å². The van der Waals surface area contributed by atoms with Gasteiger partial charge in [-0.25, -0.2) is 0 Å². The van der Waals surface area contributed by atoms with Gasteiger partial charge in [-0.1, -0.05) is 18.2 Å². The number of amides is 3. The van der Waals surface area contributed by atoms with Crippen molar-refractivity contribution >= 4 is 23.4 Å². The molecule has 27 heavy (non-hydrogen) atoms. The lowest BCUT2D eigenvalue weighted by atomic mass is 9.90. The topological polar surface area (TPSA) is 101 Å². The van der Waals surface area contributed by atoms with Crippen molar-refractivity contribution in [3.8, 4) is 0 Å². The summed E-state index contributed by atoms with van der Waals surface area (Å²) in [6.07, 6.45) is 4.98. The zero-order valence-corrected chi connectivity index (χ0v) is 15.1. The van der Waals surface area contributed by atoms with E-state index >= 15 is 0 Å². The summed E-state index contributed by atoms with van der Waals surface area (Å²) in [7, 11) is 0. The Morgan fingerprint density at radius 2 is 1.63 bits per heavy atom. The highest BCUT2D eigenvalue weighted by Gasteiger charge is 2.12. The summed E-state index contributed by atoms with van der Waals surface area (Å²) < 4.78 is 0. The highest BCUT2D eigenvalue weighted by atomic mass is 16.2. The molecule has 0 radical (unpaired) electrons. The molecule has 3 rings (SSSR count).